The Balaban J connectivity index is 1.56. The van der Waals surface area contributed by atoms with Gasteiger partial charge in [0.15, 0.2) is 5.17 Å². The molecule has 7 nitrogen and oxygen atoms in total. The molecule has 0 radical (unpaired) electrons. The average Bonchev–Trinajstić information content (AvgIpc) is 3.03. The Hall–Kier alpha value is -3.00. The van der Waals surface area contributed by atoms with E-state index >= 15 is 0 Å². The quantitative estimate of drug-likeness (QED) is 0.745. The third kappa shape index (κ3) is 5.26. The summed E-state index contributed by atoms with van der Waals surface area (Å²) in [6.45, 7) is 2.52. The molecule has 2 aromatic carbocycles. The van der Waals surface area contributed by atoms with Gasteiger partial charge in [-0.1, -0.05) is 11.8 Å². The fourth-order valence-corrected chi connectivity index (χ4v) is 3.54. The molecule has 28 heavy (non-hydrogen) atoms. The lowest BCUT2D eigenvalue weighted by Crippen LogP contribution is -2.28. The number of aliphatic imine (C=N–C) groups is 1. The topological polar surface area (TPSA) is 89.0 Å². The van der Waals surface area contributed by atoms with E-state index < -0.39 is 5.25 Å². The largest absolute Gasteiger partial charge is 0.497 e. The molecule has 0 unspecified atom stereocenters. The number of nitrogens with zero attached hydrogens (tertiary/aromatic N) is 1. The summed E-state index contributed by atoms with van der Waals surface area (Å²) >= 11 is 1.25. The third-order valence-electron chi connectivity index (χ3n) is 3.90. The number of carbonyl (C=O) groups is 2. The summed E-state index contributed by atoms with van der Waals surface area (Å²) in [5.41, 5.74) is 1.35. The summed E-state index contributed by atoms with van der Waals surface area (Å²) in [5.74, 6) is 1.02. The van der Waals surface area contributed by atoms with Gasteiger partial charge in [-0.15, -0.1) is 0 Å². The van der Waals surface area contributed by atoms with Crippen molar-refractivity contribution in [1.29, 1.82) is 0 Å². The minimum atomic E-state index is -0.514. The van der Waals surface area contributed by atoms with Crippen molar-refractivity contribution in [2.75, 3.05) is 19.0 Å². The van der Waals surface area contributed by atoms with Gasteiger partial charge in [0, 0.05) is 12.1 Å². The van der Waals surface area contributed by atoms with Crippen LogP contribution in [0.2, 0.25) is 0 Å². The average molecular weight is 399 g/mol. The summed E-state index contributed by atoms with van der Waals surface area (Å²) in [6, 6.07) is 14.3. The van der Waals surface area contributed by atoms with Crippen molar-refractivity contribution in [1.82, 2.24) is 5.32 Å². The smallest absolute Gasteiger partial charge is 0.240 e. The van der Waals surface area contributed by atoms with Crippen LogP contribution in [0.15, 0.2) is 53.5 Å². The molecule has 3 rings (SSSR count). The lowest BCUT2D eigenvalue weighted by atomic mass is 10.2. The van der Waals surface area contributed by atoms with Crippen LogP contribution in [0.1, 0.15) is 13.3 Å². The molecule has 0 bridgehead atoms. The molecule has 0 saturated carbocycles. The van der Waals surface area contributed by atoms with E-state index in [2.05, 4.69) is 15.6 Å². The van der Waals surface area contributed by atoms with E-state index in [-0.39, 0.29) is 18.2 Å². The second-order valence-corrected chi connectivity index (χ2v) is 7.11. The van der Waals surface area contributed by atoms with Gasteiger partial charge in [-0.05, 0) is 55.5 Å². The number of ether oxygens (including phenoxy) is 2. The Labute approximate surface area is 167 Å². The minimum absolute atomic E-state index is 0.0603. The summed E-state index contributed by atoms with van der Waals surface area (Å²) in [7, 11) is 1.58. The highest BCUT2D eigenvalue weighted by atomic mass is 32.2. The van der Waals surface area contributed by atoms with E-state index in [0.29, 0.717) is 28.9 Å². The minimum Gasteiger partial charge on any atom is -0.497 e. The predicted octanol–water partition coefficient (Wildman–Crippen LogP) is 3.34. The number of methoxy groups -OCH3 is 1. The fourth-order valence-electron chi connectivity index (χ4n) is 2.55. The zero-order valence-electron chi connectivity index (χ0n) is 15.6. The van der Waals surface area contributed by atoms with Gasteiger partial charge in [-0.2, -0.15) is 0 Å². The summed E-state index contributed by atoms with van der Waals surface area (Å²) < 4.78 is 10.5. The second-order valence-electron chi connectivity index (χ2n) is 5.92. The molecule has 2 aromatic rings. The number of amides is 2. The molecule has 2 amide bonds. The Morgan fingerprint density at radius 2 is 1.82 bits per heavy atom. The molecule has 2 N–H and O–H groups in total. The van der Waals surface area contributed by atoms with Crippen LogP contribution in [-0.2, 0) is 9.59 Å². The predicted molar refractivity (Wildman–Crippen MR) is 110 cm³/mol. The summed E-state index contributed by atoms with van der Waals surface area (Å²) in [4.78, 5) is 28.8. The van der Waals surface area contributed by atoms with Crippen molar-refractivity contribution in [3.8, 4) is 11.5 Å². The van der Waals surface area contributed by atoms with E-state index in [0.717, 1.165) is 5.75 Å². The zero-order valence-corrected chi connectivity index (χ0v) is 16.4. The first-order valence-electron chi connectivity index (χ1n) is 8.80. The summed E-state index contributed by atoms with van der Waals surface area (Å²) in [6.07, 6.45) is 0.0603. The first-order valence-corrected chi connectivity index (χ1v) is 9.68. The lowest BCUT2D eigenvalue weighted by Gasteiger charge is -2.08. The normalized spacial score (nSPS) is 17.3. The second kappa shape index (κ2) is 9.27. The molecule has 1 aliphatic heterocycles. The van der Waals surface area contributed by atoms with Crippen LogP contribution < -0.4 is 20.1 Å². The Bertz CT molecular complexity index is 866. The molecule has 1 fully saturated rings. The maximum atomic E-state index is 12.2. The number of rotatable bonds is 7. The Kier molecular flexibility index (Phi) is 6.54. The van der Waals surface area contributed by atoms with Crippen LogP contribution in [-0.4, -0.2) is 35.9 Å². The van der Waals surface area contributed by atoms with Crippen LogP contribution >= 0.6 is 11.8 Å². The van der Waals surface area contributed by atoms with Crippen molar-refractivity contribution >= 4 is 40.1 Å². The van der Waals surface area contributed by atoms with Gasteiger partial charge in [0.2, 0.25) is 11.8 Å². The van der Waals surface area contributed by atoms with E-state index in [4.69, 9.17) is 9.47 Å². The highest BCUT2D eigenvalue weighted by Crippen LogP contribution is 2.26. The van der Waals surface area contributed by atoms with E-state index in [1.807, 2.05) is 31.2 Å². The summed E-state index contributed by atoms with van der Waals surface area (Å²) in [5, 5.41) is 5.47. The highest BCUT2D eigenvalue weighted by molar-refractivity contribution is 8.15. The molecule has 1 saturated heterocycles. The third-order valence-corrected chi connectivity index (χ3v) is 4.98. The molecule has 1 heterocycles. The maximum Gasteiger partial charge on any atom is 0.240 e. The molecule has 0 spiro atoms. The number of amidine groups is 1. The van der Waals surface area contributed by atoms with Gasteiger partial charge < -0.3 is 20.1 Å². The van der Waals surface area contributed by atoms with Gasteiger partial charge in [0.25, 0.3) is 0 Å². The van der Waals surface area contributed by atoms with Crippen LogP contribution in [0.5, 0.6) is 11.5 Å². The Morgan fingerprint density at radius 3 is 2.46 bits per heavy atom. The van der Waals surface area contributed by atoms with Gasteiger partial charge in [-0.3, -0.25) is 9.59 Å². The number of hydrogen-bond donors (Lipinski definition) is 2. The SMILES string of the molecule is CCOc1ccc(N=C2NC(=O)[C@@H](CC(=O)Nc3ccc(OC)cc3)S2)cc1. The zero-order chi connectivity index (χ0) is 19.9. The molecule has 8 heteroatoms. The van der Waals surface area contributed by atoms with Gasteiger partial charge in [0.05, 0.1) is 19.4 Å². The molecule has 0 aromatic heterocycles. The van der Waals surface area contributed by atoms with E-state index in [9.17, 15) is 9.59 Å². The Morgan fingerprint density at radius 1 is 1.14 bits per heavy atom. The standard InChI is InChI=1S/C20H21N3O4S/c1-3-27-16-10-6-14(7-11-16)22-20-23-19(25)17(28-20)12-18(24)21-13-4-8-15(26-2)9-5-13/h4-11,17H,3,12H2,1-2H3,(H,21,24)(H,22,23,25)/t17-/m1/s1. The fraction of sp³-hybridized carbons (Fsp3) is 0.250. The number of hydrogen-bond acceptors (Lipinski definition) is 6. The number of nitrogens with one attached hydrogen (secondary N) is 2. The van der Waals surface area contributed by atoms with Crippen LogP contribution in [0.3, 0.4) is 0 Å². The van der Waals surface area contributed by atoms with Gasteiger partial charge in [-0.25, -0.2) is 4.99 Å². The molecule has 1 aliphatic rings. The maximum absolute atomic E-state index is 12.2. The molecular weight excluding hydrogens is 378 g/mol. The van der Waals surface area contributed by atoms with Gasteiger partial charge in [0.1, 0.15) is 16.7 Å². The molecule has 1 atom stereocenters. The van der Waals surface area contributed by atoms with E-state index in [1.54, 1.807) is 31.4 Å². The molecule has 146 valence electrons. The van der Waals surface area contributed by atoms with E-state index in [1.165, 1.54) is 11.8 Å². The number of thioether (sulfide) groups is 1. The first-order chi connectivity index (χ1) is 13.6. The van der Waals surface area contributed by atoms with Crippen molar-refractivity contribution in [3.05, 3.63) is 48.5 Å². The van der Waals surface area contributed by atoms with Crippen LogP contribution in [0, 0.1) is 0 Å². The number of benzene rings is 2. The monoisotopic (exact) mass is 399 g/mol. The molecular formula is C20H21N3O4S. The molecule has 0 aliphatic carbocycles. The van der Waals surface area contributed by atoms with Crippen molar-refractivity contribution in [3.63, 3.8) is 0 Å². The highest BCUT2D eigenvalue weighted by Gasteiger charge is 2.32. The van der Waals surface area contributed by atoms with Crippen molar-refractivity contribution < 1.29 is 19.1 Å². The number of carbonyl (C=O) groups excluding carboxylic acids is 2. The van der Waals surface area contributed by atoms with Crippen LogP contribution in [0.25, 0.3) is 0 Å². The van der Waals surface area contributed by atoms with Crippen molar-refractivity contribution in [2.45, 2.75) is 18.6 Å². The van der Waals surface area contributed by atoms with Crippen molar-refractivity contribution in [2.24, 2.45) is 4.99 Å². The first kappa shape index (κ1) is 19.8. The lowest BCUT2D eigenvalue weighted by molar-refractivity contribution is -0.122. The van der Waals surface area contributed by atoms with Crippen LogP contribution in [0.4, 0.5) is 11.4 Å². The van der Waals surface area contributed by atoms with Gasteiger partial charge >= 0.3 is 0 Å². The number of anilines is 1.